The lowest BCUT2D eigenvalue weighted by Crippen LogP contribution is -2.40. The summed E-state index contributed by atoms with van der Waals surface area (Å²) in [5.41, 5.74) is 0.764. The molecule has 2 atom stereocenters. The van der Waals surface area contributed by atoms with Crippen LogP contribution in [0.3, 0.4) is 0 Å². The number of carbonyl (C=O) groups excluding carboxylic acids is 2. The summed E-state index contributed by atoms with van der Waals surface area (Å²) in [4.78, 5) is 26.6. The zero-order chi connectivity index (χ0) is 18.0. The highest BCUT2D eigenvalue weighted by Gasteiger charge is 2.35. The van der Waals surface area contributed by atoms with Crippen LogP contribution in [0.1, 0.15) is 27.7 Å². The minimum Gasteiger partial charge on any atom is -0.391 e. The smallest absolute Gasteiger partial charge is 0.261 e. The third-order valence-corrected chi connectivity index (χ3v) is 5.67. The van der Waals surface area contributed by atoms with Crippen LogP contribution in [0.2, 0.25) is 0 Å². The maximum Gasteiger partial charge on any atom is 0.261 e. The first kappa shape index (κ1) is 18.0. The Morgan fingerprint density at radius 3 is 2.64 bits per heavy atom. The predicted octanol–water partition coefficient (Wildman–Crippen LogP) is 2.71. The van der Waals surface area contributed by atoms with E-state index in [1.165, 1.54) is 28.4 Å². The highest BCUT2D eigenvalue weighted by molar-refractivity contribution is 9.11. The maximum atomic E-state index is 13.1. The van der Waals surface area contributed by atoms with Crippen LogP contribution in [0.25, 0.3) is 0 Å². The topological polar surface area (TPSA) is 69.6 Å². The van der Waals surface area contributed by atoms with E-state index < -0.39 is 6.10 Å². The van der Waals surface area contributed by atoms with Crippen LogP contribution in [-0.4, -0.2) is 41.0 Å². The zero-order valence-electron chi connectivity index (χ0n) is 13.1. The fraction of sp³-hybridized carbons (Fsp3) is 0.294. The average Bonchev–Trinajstić information content (AvgIpc) is 3.19. The van der Waals surface area contributed by atoms with Crippen LogP contribution in [0, 0.1) is 5.82 Å². The number of aliphatic hydroxyl groups excluding tert-OH is 1. The van der Waals surface area contributed by atoms with Crippen molar-refractivity contribution in [2.24, 2.45) is 0 Å². The van der Waals surface area contributed by atoms with Crippen LogP contribution >= 0.6 is 27.3 Å². The molecule has 1 aliphatic heterocycles. The molecule has 1 aromatic heterocycles. The second-order valence-electron chi connectivity index (χ2n) is 5.79. The summed E-state index contributed by atoms with van der Waals surface area (Å²) in [6, 6.07) is 9.01. The second-order valence-corrected chi connectivity index (χ2v) is 8.25. The van der Waals surface area contributed by atoms with E-state index in [4.69, 9.17) is 0 Å². The molecule has 0 saturated carbocycles. The minimum atomic E-state index is -0.636. The standard InChI is InChI=1S/C17H16BrFN2O3S/c18-15-6-5-14(25-15)17(24)20-8-16(23)21-9-12(22)7-13(21)10-1-3-11(19)4-2-10/h1-6,12-13,22H,7-9H2,(H,20,24)/t12-,13+/m1/s1. The molecule has 1 saturated heterocycles. The normalized spacial score (nSPS) is 19.9. The number of aliphatic hydroxyl groups is 1. The Hall–Kier alpha value is -1.77. The molecule has 3 rings (SSSR count). The first-order chi connectivity index (χ1) is 11.9. The van der Waals surface area contributed by atoms with Gasteiger partial charge in [0.15, 0.2) is 0 Å². The molecule has 1 aromatic carbocycles. The van der Waals surface area contributed by atoms with Gasteiger partial charge in [-0.2, -0.15) is 0 Å². The molecule has 5 nitrogen and oxygen atoms in total. The zero-order valence-corrected chi connectivity index (χ0v) is 15.5. The SMILES string of the molecule is O=C(NCC(=O)N1C[C@H](O)C[C@H]1c1ccc(F)cc1)c1ccc(Br)s1. The number of hydrogen-bond donors (Lipinski definition) is 2. The molecular weight excluding hydrogens is 411 g/mol. The predicted molar refractivity (Wildman–Crippen MR) is 95.8 cm³/mol. The van der Waals surface area contributed by atoms with E-state index in [1.807, 2.05) is 0 Å². The Bertz CT molecular complexity index is 780. The summed E-state index contributed by atoms with van der Waals surface area (Å²) in [7, 11) is 0. The number of benzene rings is 1. The van der Waals surface area contributed by atoms with E-state index in [0.717, 1.165) is 9.35 Å². The van der Waals surface area contributed by atoms with Crippen LogP contribution in [-0.2, 0) is 4.79 Å². The van der Waals surface area contributed by atoms with Crippen molar-refractivity contribution in [2.45, 2.75) is 18.6 Å². The molecule has 2 aromatic rings. The van der Waals surface area contributed by atoms with Crippen molar-refractivity contribution in [1.29, 1.82) is 0 Å². The number of hydrogen-bond acceptors (Lipinski definition) is 4. The molecule has 1 fully saturated rings. The summed E-state index contributed by atoms with van der Waals surface area (Å²) in [5, 5.41) is 12.5. The quantitative estimate of drug-likeness (QED) is 0.789. The van der Waals surface area contributed by atoms with E-state index >= 15 is 0 Å². The Labute approximate surface area is 156 Å². The van der Waals surface area contributed by atoms with E-state index in [-0.39, 0.29) is 36.8 Å². The number of rotatable bonds is 4. The van der Waals surface area contributed by atoms with Gasteiger partial charge in [-0.1, -0.05) is 12.1 Å². The van der Waals surface area contributed by atoms with Gasteiger partial charge < -0.3 is 15.3 Å². The summed E-state index contributed by atoms with van der Waals surface area (Å²) in [5.74, 6) is -0.952. The van der Waals surface area contributed by atoms with Gasteiger partial charge in [0, 0.05) is 6.54 Å². The first-order valence-electron chi connectivity index (χ1n) is 7.70. The first-order valence-corrected chi connectivity index (χ1v) is 9.31. The number of nitrogens with one attached hydrogen (secondary N) is 1. The summed E-state index contributed by atoms with van der Waals surface area (Å²) in [6.07, 6.45) is -0.244. The molecule has 0 aliphatic carbocycles. The number of thiophene rings is 1. The van der Waals surface area contributed by atoms with Crippen LogP contribution in [0.4, 0.5) is 4.39 Å². The summed E-state index contributed by atoms with van der Waals surface area (Å²) >= 11 is 4.57. The van der Waals surface area contributed by atoms with Crippen molar-refractivity contribution < 1.29 is 19.1 Å². The highest BCUT2D eigenvalue weighted by Crippen LogP contribution is 2.32. The Morgan fingerprint density at radius 1 is 1.28 bits per heavy atom. The van der Waals surface area contributed by atoms with Crippen molar-refractivity contribution in [3.05, 3.63) is 56.4 Å². The van der Waals surface area contributed by atoms with Crippen LogP contribution < -0.4 is 5.32 Å². The van der Waals surface area contributed by atoms with Gasteiger partial charge in [-0.3, -0.25) is 9.59 Å². The molecule has 132 valence electrons. The number of carbonyl (C=O) groups is 2. The third-order valence-electron chi connectivity index (χ3n) is 4.05. The van der Waals surface area contributed by atoms with E-state index in [2.05, 4.69) is 21.2 Å². The Morgan fingerprint density at radius 2 is 2.00 bits per heavy atom. The highest BCUT2D eigenvalue weighted by atomic mass is 79.9. The number of β-amino-alcohol motifs (C(OH)–C–C–N with tert-alkyl or cyclic N) is 1. The minimum absolute atomic E-state index is 0.154. The fourth-order valence-corrected chi connectivity index (χ4v) is 4.17. The molecule has 0 unspecified atom stereocenters. The molecule has 2 N–H and O–H groups in total. The van der Waals surface area contributed by atoms with Gasteiger partial charge in [-0.15, -0.1) is 11.3 Å². The van der Waals surface area contributed by atoms with Gasteiger partial charge in [0.1, 0.15) is 5.82 Å². The van der Waals surface area contributed by atoms with Gasteiger partial charge >= 0.3 is 0 Å². The second kappa shape index (κ2) is 7.63. The van der Waals surface area contributed by atoms with Crippen molar-refractivity contribution in [1.82, 2.24) is 10.2 Å². The van der Waals surface area contributed by atoms with Crippen molar-refractivity contribution in [2.75, 3.05) is 13.1 Å². The molecule has 8 heteroatoms. The van der Waals surface area contributed by atoms with E-state index in [1.54, 1.807) is 24.3 Å². The number of likely N-dealkylation sites (tertiary alicyclic amines) is 1. The molecule has 0 spiro atoms. The maximum absolute atomic E-state index is 13.1. The lowest BCUT2D eigenvalue weighted by atomic mass is 10.0. The lowest BCUT2D eigenvalue weighted by Gasteiger charge is -2.25. The molecule has 0 bridgehead atoms. The van der Waals surface area contributed by atoms with Gasteiger partial charge in [0.05, 0.1) is 27.4 Å². The van der Waals surface area contributed by atoms with Crippen molar-refractivity contribution >= 4 is 39.1 Å². The lowest BCUT2D eigenvalue weighted by molar-refractivity contribution is -0.131. The van der Waals surface area contributed by atoms with Crippen LogP contribution in [0.15, 0.2) is 40.2 Å². The summed E-state index contributed by atoms with van der Waals surface area (Å²) < 4.78 is 13.9. The number of amides is 2. The fourth-order valence-electron chi connectivity index (χ4n) is 2.87. The van der Waals surface area contributed by atoms with Crippen LogP contribution in [0.5, 0.6) is 0 Å². The van der Waals surface area contributed by atoms with Crippen molar-refractivity contribution in [3.63, 3.8) is 0 Å². The van der Waals surface area contributed by atoms with Gasteiger partial charge in [-0.05, 0) is 52.2 Å². The summed E-state index contributed by atoms with van der Waals surface area (Å²) in [6.45, 7) is 0.0417. The number of nitrogens with zero attached hydrogens (tertiary/aromatic N) is 1. The third kappa shape index (κ3) is 4.26. The monoisotopic (exact) mass is 426 g/mol. The molecular formula is C17H16BrFN2O3S. The Kier molecular flexibility index (Phi) is 5.51. The van der Waals surface area contributed by atoms with Gasteiger partial charge in [0.2, 0.25) is 5.91 Å². The van der Waals surface area contributed by atoms with Gasteiger partial charge in [0.25, 0.3) is 5.91 Å². The average molecular weight is 427 g/mol. The molecule has 0 radical (unpaired) electrons. The molecule has 2 amide bonds. The Balaban J connectivity index is 1.65. The number of halogens is 2. The van der Waals surface area contributed by atoms with E-state index in [0.29, 0.717) is 11.3 Å². The van der Waals surface area contributed by atoms with Crippen molar-refractivity contribution in [3.8, 4) is 0 Å². The largest absolute Gasteiger partial charge is 0.391 e. The van der Waals surface area contributed by atoms with E-state index in [9.17, 15) is 19.1 Å². The molecule has 1 aliphatic rings. The molecule has 25 heavy (non-hydrogen) atoms. The van der Waals surface area contributed by atoms with Gasteiger partial charge in [-0.25, -0.2) is 4.39 Å². The molecule has 2 heterocycles.